The van der Waals surface area contributed by atoms with Crippen molar-refractivity contribution in [2.24, 2.45) is 5.92 Å². The van der Waals surface area contributed by atoms with Crippen molar-refractivity contribution in [1.29, 1.82) is 0 Å². The van der Waals surface area contributed by atoms with Gasteiger partial charge in [-0.05, 0) is 43.9 Å². The van der Waals surface area contributed by atoms with Gasteiger partial charge in [0.15, 0.2) is 0 Å². The maximum Gasteiger partial charge on any atom is 0.253 e. The standard InChI is InChI=1S/C16H23N3O3S.ClH/c1-12-11-19(8-7-17-12)16(20)14-3-2-4-15(9-14)23(21,22)18-10-13-5-6-13;/h2-4,9,12-13,17-18H,5-8,10-11H2,1H3;1H. The molecule has 2 aliphatic rings. The minimum Gasteiger partial charge on any atom is -0.336 e. The van der Waals surface area contributed by atoms with Gasteiger partial charge in [0.25, 0.3) is 5.91 Å². The van der Waals surface area contributed by atoms with Crippen molar-refractivity contribution in [1.82, 2.24) is 14.9 Å². The summed E-state index contributed by atoms with van der Waals surface area (Å²) in [6, 6.07) is 6.57. The number of nitrogens with zero attached hydrogens (tertiary/aromatic N) is 1. The zero-order valence-electron chi connectivity index (χ0n) is 13.7. The van der Waals surface area contributed by atoms with Crippen LogP contribution in [0.5, 0.6) is 0 Å². The van der Waals surface area contributed by atoms with Crippen molar-refractivity contribution < 1.29 is 13.2 Å². The second-order valence-electron chi connectivity index (χ2n) is 6.43. The van der Waals surface area contributed by atoms with E-state index in [9.17, 15) is 13.2 Å². The number of carbonyl (C=O) groups is 1. The summed E-state index contributed by atoms with van der Waals surface area (Å²) in [5.41, 5.74) is 0.424. The van der Waals surface area contributed by atoms with Gasteiger partial charge in [-0.3, -0.25) is 4.79 Å². The zero-order valence-corrected chi connectivity index (χ0v) is 15.3. The van der Waals surface area contributed by atoms with Gasteiger partial charge in [0.2, 0.25) is 10.0 Å². The minimum atomic E-state index is -3.55. The molecule has 1 aliphatic carbocycles. The first kappa shape index (κ1) is 19.2. The Balaban J connectivity index is 0.00000208. The lowest BCUT2D eigenvalue weighted by molar-refractivity contribution is 0.0709. The molecule has 1 aliphatic heterocycles. The molecule has 2 N–H and O–H groups in total. The van der Waals surface area contributed by atoms with E-state index in [0.29, 0.717) is 31.1 Å². The van der Waals surface area contributed by atoms with Gasteiger partial charge in [-0.1, -0.05) is 6.07 Å². The van der Waals surface area contributed by atoms with Gasteiger partial charge in [0, 0.05) is 37.8 Å². The van der Waals surface area contributed by atoms with Crippen LogP contribution in [0, 0.1) is 5.92 Å². The first-order valence-corrected chi connectivity index (χ1v) is 9.56. The van der Waals surface area contributed by atoms with Gasteiger partial charge in [-0.25, -0.2) is 13.1 Å². The molecule has 1 heterocycles. The molecule has 0 spiro atoms. The molecule has 0 bridgehead atoms. The van der Waals surface area contributed by atoms with Crippen LogP contribution in [0.25, 0.3) is 0 Å². The third-order valence-corrected chi connectivity index (χ3v) is 5.73. The van der Waals surface area contributed by atoms with Crippen LogP contribution < -0.4 is 10.0 Å². The van der Waals surface area contributed by atoms with Crippen LogP contribution in [0.2, 0.25) is 0 Å². The molecule has 1 amide bonds. The van der Waals surface area contributed by atoms with Crippen LogP contribution in [0.1, 0.15) is 30.1 Å². The van der Waals surface area contributed by atoms with Crippen LogP contribution in [0.3, 0.4) is 0 Å². The number of rotatable bonds is 5. The fourth-order valence-corrected chi connectivity index (χ4v) is 3.89. The molecule has 1 saturated heterocycles. The molecule has 1 aromatic carbocycles. The summed E-state index contributed by atoms with van der Waals surface area (Å²) in [5.74, 6) is 0.356. The molecule has 3 rings (SSSR count). The largest absolute Gasteiger partial charge is 0.336 e. The summed E-state index contributed by atoms with van der Waals surface area (Å²) in [7, 11) is -3.55. The molecule has 1 atom stereocenters. The lowest BCUT2D eigenvalue weighted by atomic mass is 10.1. The molecule has 0 radical (unpaired) electrons. The molecule has 6 nitrogen and oxygen atoms in total. The fraction of sp³-hybridized carbons (Fsp3) is 0.562. The number of piperazine rings is 1. The van der Waals surface area contributed by atoms with Gasteiger partial charge in [0.05, 0.1) is 4.90 Å². The Morgan fingerprint density at radius 3 is 2.79 bits per heavy atom. The molecule has 2 fully saturated rings. The lowest BCUT2D eigenvalue weighted by Crippen LogP contribution is -2.51. The molecule has 1 aromatic rings. The third kappa shape index (κ3) is 4.69. The van der Waals surface area contributed by atoms with E-state index in [1.807, 2.05) is 6.92 Å². The van der Waals surface area contributed by atoms with Crippen LogP contribution in [-0.4, -0.2) is 51.4 Å². The second kappa shape index (κ2) is 7.82. The average molecular weight is 374 g/mol. The molecular weight excluding hydrogens is 350 g/mol. The highest BCUT2D eigenvalue weighted by molar-refractivity contribution is 7.89. The summed E-state index contributed by atoms with van der Waals surface area (Å²) < 4.78 is 27.3. The normalized spacial score (nSPS) is 21.2. The van der Waals surface area contributed by atoms with Gasteiger partial charge in [0.1, 0.15) is 0 Å². The van der Waals surface area contributed by atoms with Crippen molar-refractivity contribution >= 4 is 28.3 Å². The van der Waals surface area contributed by atoms with E-state index in [0.717, 1.165) is 19.4 Å². The smallest absolute Gasteiger partial charge is 0.253 e. The minimum absolute atomic E-state index is 0. The monoisotopic (exact) mass is 373 g/mol. The summed E-state index contributed by atoms with van der Waals surface area (Å²) in [6.45, 7) is 4.54. The molecule has 24 heavy (non-hydrogen) atoms. The predicted molar refractivity (Wildman–Crippen MR) is 95.0 cm³/mol. The van der Waals surface area contributed by atoms with Gasteiger partial charge in [-0.15, -0.1) is 12.4 Å². The van der Waals surface area contributed by atoms with Crippen molar-refractivity contribution in [2.45, 2.75) is 30.7 Å². The maximum atomic E-state index is 12.6. The Morgan fingerprint density at radius 2 is 2.12 bits per heavy atom. The van der Waals surface area contributed by atoms with E-state index >= 15 is 0 Å². The topological polar surface area (TPSA) is 78.5 Å². The summed E-state index contributed by atoms with van der Waals surface area (Å²) >= 11 is 0. The number of carbonyl (C=O) groups excluding carboxylic acids is 1. The lowest BCUT2D eigenvalue weighted by Gasteiger charge is -2.32. The number of amides is 1. The zero-order chi connectivity index (χ0) is 16.4. The number of sulfonamides is 1. The van der Waals surface area contributed by atoms with Crippen LogP contribution in [0.15, 0.2) is 29.2 Å². The quantitative estimate of drug-likeness (QED) is 0.813. The van der Waals surface area contributed by atoms with Crippen LogP contribution in [-0.2, 0) is 10.0 Å². The Hall–Kier alpha value is -1.15. The molecule has 1 saturated carbocycles. The fourth-order valence-electron chi connectivity index (χ4n) is 2.73. The third-order valence-electron chi connectivity index (χ3n) is 4.31. The SMILES string of the molecule is CC1CN(C(=O)c2cccc(S(=O)(=O)NCC3CC3)c2)CCN1.Cl. The Kier molecular flexibility index (Phi) is 6.25. The van der Waals surface area contributed by atoms with E-state index in [1.165, 1.54) is 12.1 Å². The Bertz CT molecular complexity index is 692. The summed E-state index contributed by atoms with van der Waals surface area (Å²) in [5, 5.41) is 3.29. The molecule has 0 aromatic heterocycles. The van der Waals surface area contributed by atoms with E-state index in [2.05, 4.69) is 10.0 Å². The highest BCUT2D eigenvalue weighted by Gasteiger charge is 2.26. The second-order valence-corrected chi connectivity index (χ2v) is 8.20. The number of halogens is 1. The maximum absolute atomic E-state index is 12.6. The number of nitrogens with one attached hydrogen (secondary N) is 2. The van der Waals surface area contributed by atoms with Gasteiger partial charge >= 0.3 is 0 Å². The Labute approximate surface area is 149 Å². The number of benzene rings is 1. The molecule has 1 unspecified atom stereocenters. The van der Waals surface area contributed by atoms with Gasteiger partial charge < -0.3 is 10.2 Å². The van der Waals surface area contributed by atoms with Crippen molar-refractivity contribution in [3.05, 3.63) is 29.8 Å². The highest BCUT2D eigenvalue weighted by Crippen LogP contribution is 2.28. The van der Waals surface area contributed by atoms with E-state index in [4.69, 9.17) is 0 Å². The van der Waals surface area contributed by atoms with Crippen molar-refractivity contribution in [3.63, 3.8) is 0 Å². The molecule has 134 valence electrons. The summed E-state index contributed by atoms with van der Waals surface area (Å²) in [6.07, 6.45) is 2.17. The van der Waals surface area contributed by atoms with E-state index in [-0.39, 0.29) is 29.3 Å². The summed E-state index contributed by atoms with van der Waals surface area (Å²) in [4.78, 5) is 14.5. The average Bonchev–Trinajstić information content (AvgIpc) is 3.37. The highest BCUT2D eigenvalue weighted by atomic mass is 35.5. The van der Waals surface area contributed by atoms with Crippen LogP contribution in [0.4, 0.5) is 0 Å². The van der Waals surface area contributed by atoms with Crippen molar-refractivity contribution in [3.8, 4) is 0 Å². The number of hydrogen-bond acceptors (Lipinski definition) is 4. The molecular formula is C16H24ClN3O3S. The number of hydrogen-bond donors (Lipinski definition) is 2. The molecule has 8 heteroatoms. The Morgan fingerprint density at radius 1 is 1.38 bits per heavy atom. The van der Waals surface area contributed by atoms with Crippen molar-refractivity contribution in [2.75, 3.05) is 26.2 Å². The van der Waals surface area contributed by atoms with E-state index in [1.54, 1.807) is 17.0 Å². The predicted octanol–water partition coefficient (Wildman–Crippen LogP) is 1.23. The van der Waals surface area contributed by atoms with Crippen LogP contribution >= 0.6 is 12.4 Å². The first-order chi connectivity index (χ1) is 11.0. The van der Waals surface area contributed by atoms with Gasteiger partial charge in [-0.2, -0.15) is 0 Å². The first-order valence-electron chi connectivity index (χ1n) is 8.08. The van der Waals surface area contributed by atoms with E-state index < -0.39 is 10.0 Å².